The smallest absolute Gasteiger partial charge is 0.251 e. The molecule has 7 aromatic carbocycles. The summed E-state index contributed by atoms with van der Waals surface area (Å²) in [5.41, 5.74) is 10.8. The molecule has 0 atom stereocenters. The lowest BCUT2D eigenvalue weighted by Crippen LogP contribution is -2.30. The zero-order valence-corrected chi connectivity index (χ0v) is 51.2. The molecule has 2 amide bonds. The first-order valence-electron chi connectivity index (χ1n) is 29.4. The van der Waals surface area contributed by atoms with Gasteiger partial charge < -0.3 is 49.3 Å². The minimum Gasteiger partial charge on any atom is -0.507 e. The normalized spacial score (nSPS) is 15.2. The monoisotopic (exact) mass is 1140 g/mol. The first-order valence-corrected chi connectivity index (χ1v) is 29.4. The van der Waals surface area contributed by atoms with Crippen molar-refractivity contribution in [3.8, 4) is 46.0 Å². The highest BCUT2D eigenvalue weighted by Crippen LogP contribution is 2.44. The molecule has 7 aliphatic heterocycles. The Hall–Kier alpha value is -8.12. The number of ether oxygens (including phenoxy) is 6. The van der Waals surface area contributed by atoms with E-state index >= 15 is 0 Å². The van der Waals surface area contributed by atoms with Crippen LogP contribution in [0.5, 0.6) is 46.0 Å². The summed E-state index contributed by atoms with van der Waals surface area (Å²) in [7, 11) is 0. The third-order valence-electron chi connectivity index (χ3n) is 15.6. The third-order valence-corrected chi connectivity index (χ3v) is 15.6. The summed E-state index contributed by atoms with van der Waals surface area (Å²) < 4.78 is 38.5. The molecule has 442 valence electrons. The van der Waals surface area contributed by atoms with Crippen LogP contribution in [-0.2, 0) is 47.3 Å². The van der Waals surface area contributed by atoms with Gasteiger partial charge in [-0.3, -0.25) is 9.59 Å². The SMILES string of the molecule is CC(C)(C)c1cc2c(O)c(c1)Cc1cc(C(C)(C)C)cc3c1OCCOc1ccc(cc1)OCCNC(=O)c1cccc(c1)C(=O)NCCOc1ccc(cc1)OCCOc1c(cc(C(C)(C)C)cc1Cc1cc(C(C)(C)C)cc(c1O)C3)C2. The fourth-order valence-corrected chi connectivity index (χ4v) is 10.6. The topological polar surface area (TPSA) is 154 Å². The van der Waals surface area contributed by atoms with E-state index in [0.717, 1.165) is 66.8 Å². The number of aromatic hydroxyl groups is 2. The number of rotatable bonds is 0. The summed E-state index contributed by atoms with van der Waals surface area (Å²) in [5, 5.41) is 31.4. The Morgan fingerprint density at radius 2 is 0.583 bits per heavy atom. The van der Waals surface area contributed by atoms with Crippen molar-refractivity contribution >= 4 is 11.8 Å². The Labute approximate surface area is 496 Å². The van der Waals surface area contributed by atoms with Crippen molar-refractivity contribution in [3.63, 3.8) is 0 Å². The standard InChI is InChI=1S/C72H84N2O10/c1-69(2,3)55-37-47-33-51-41-57(71(7,8)9)43-53-35-49-39-56(70(4,5)6)40-50(64(49)76)36-54-44-58(72(10,11)12)42-52(34-48(38-55)63(47)75)66(54)84-31-29-82-62-22-18-60(19-23-62)80-27-25-74-68(78)46-15-13-14-45(32-46)67(77)73-24-26-79-59-16-20-61(21-17-59)81-28-30-83-65(51)53/h13-23,32,37-44,75-76H,24-31,33-36H2,1-12H3,(H,73,77)(H,74,78). The number of amides is 2. The molecule has 0 saturated carbocycles. The van der Waals surface area contributed by atoms with E-state index in [0.29, 0.717) is 71.3 Å². The van der Waals surface area contributed by atoms with Gasteiger partial charge in [0, 0.05) is 36.8 Å². The molecule has 0 fully saturated rings. The number of hydrogen-bond donors (Lipinski definition) is 4. The van der Waals surface area contributed by atoms with Crippen LogP contribution < -0.4 is 39.1 Å². The minimum absolute atomic E-state index is 0.207. The van der Waals surface area contributed by atoms with Gasteiger partial charge in [0.15, 0.2) is 0 Å². The van der Waals surface area contributed by atoms with E-state index in [2.05, 4.69) is 142 Å². The van der Waals surface area contributed by atoms with Crippen LogP contribution in [0.3, 0.4) is 0 Å². The van der Waals surface area contributed by atoms with Crippen molar-refractivity contribution in [2.24, 2.45) is 0 Å². The molecular formula is C72H84N2O10. The molecule has 15 rings (SSSR count). The lowest BCUT2D eigenvalue weighted by molar-refractivity contribution is 0.0946. The molecular weight excluding hydrogens is 1050 g/mol. The van der Waals surface area contributed by atoms with Crippen molar-refractivity contribution in [3.05, 3.63) is 199 Å². The maximum atomic E-state index is 13.1. The van der Waals surface area contributed by atoms with Crippen LogP contribution in [-0.4, -0.2) is 74.8 Å². The number of phenols is 2. The molecule has 1 aliphatic carbocycles. The fraction of sp³-hybridized carbons (Fsp3) is 0.389. The zero-order chi connectivity index (χ0) is 60.1. The first kappa shape index (κ1) is 60.5. The summed E-state index contributed by atoms with van der Waals surface area (Å²) in [6.45, 7) is 28.3. The fourth-order valence-electron chi connectivity index (χ4n) is 10.6. The molecule has 12 heteroatoms. The molecule has 7 aromatic rings. The van der Waals surface area contributed by atoms with Gasteiger partial charge in [0.25, 0.3) is 11.8 Å². The molecule has 12 nitrogen and oxygen atoms in total. The largest absolute Gasteiger partial charge is 0.507 e. The number of nitrogens with one attached hydrogen (secondary N) is 2. The molecule has 0 spiro atoms. The highest BCUT2D eigenvalue weighted by atomic mass is 16.5. The number of carbonyl (C=O) groups excluding carboxylic acids is 2. The highest BCUT2D eigenvalue weighted by Gasteiger charge is 2.29. The zero-order valence-electron chi connectivity index (χ0n) is 51.2. The Morgan fingerprint density at radius 1 is 0.333 bits per heavy atom. The number of hydrogen-bond acceptors (Lipinski definition) is 10. The second-order valence-electron chi connectivity index (χ2n) is 26.4. The summed E-state index contributed by atoms with van der Waals surface area (Å²) >= 11 is 0. The quantitative estimate of drug-likeness (QED) is 0.115. The van der Waals surface area contributed by atoms with Gasteiger partial charge in [-0.25, -0.2) is 0 Å². The van der Waals surface area contributed by atoms with E-state index in [9.17, 15) is 19.8 Å². The van der Waals surface area contributed by atoms with Gasteiger partial charge in [-0.1, -0.05) is 138 Å². The molecule has 4 N–H and O–H groups in total. The van der Waals surface area contributed by atoms with E-state index in [1.807, 2.05) is 48.5 Å². The summed E-state index contributed by atoms with van der Waals surface area (Å²) in [4.78, 5) is 26.2. The van der Waals surface area contributed by atoms with E-state index in [1.54, 1.807) is 24.3 Å². The van der Waals surface area contributed by atoms with Crippen LogP contribution in [0.4, 0.5) is 0 Å². The van der Waals surface area contributed by atoms with Gasteiger partial charge in [-0.15, -0.1) is 0 Å². The van der Waals surface area contributed by atoms with Crippen LogP contribution >= 0.6 is 0 Å². The third kappa shape index (κ3) is 15.0. The Balaban J connectivity index is 1.15. The van der Waals surface area contributed by atoms with E-state index in [1.165, 1.54) is 0 Å². The lowest BCUT2D eigenvalue weighted by Gasteiger charge is -2.28. The molecule has 0 radical (unpaired) electrons. The number of benzene rings is 7. The summed E-state index contributed by atoms with van der Waals surface area (Å²) in [6.07, 6.45) is 1.47. The maximum absolute atomic E-state index is 13.1. The summed E-state index contributed by atoms with van der Waals surface area (Å²) in [5.74, 6) is 3.64. The van der Waals surface area contributed by atoms with Crippen molar-refractivity contribution in [1.82, 2.24) is 10.6 Å². The molecule has 16 bridgehead atoms. The van der Waals surface area contributed by atoms with Crippen molar-refractivity contribution in [2.45, 2.75) is 130 Å². The van der Waals surface area contributed by atoms with Gasteiger partial charge in [-0.05, 0) is 155 Å². The van der Waals surface area contributed by atoms with Crippen molar-refractivity contribution < 1.29 is 48.2 Å². The van der Waals surface area contributed by atoms with Gasteiger partial charge in [0.2, 0.25) is 0 Å². The Morgan fingerprint density at radius 3 is 0.857 bits per heavy atom. The predicted octanol–water partition coefficient (Wildman–Crippen LogP) is 13.8. The van der Waals surface area contributed by atoms with Gasteiger partial charge in [0.05, 0.1) is 13.1 Å². The molecule has 0 aromatic heterocycles. The van der Waals surface area contributed by atoms with Crippen LogP contribution in [0.15, 0.2) is 121 Å². The number of carbonyl (C=O) groups is 2. The average molecular weight is 1140 g/mol. The highest BCUT2D eigenvalue weighted by molar-refractivity contribution is 5.99. The number of phenolic OH excluding ortho intramolecular Hbond substituents is 2. The molecule has 0 unspecified atom stereocenters. The van der Waals surface area contributed by atoms with E-state index in [4.69, 9.17) is 28.4 Å². The Kier molecular flexibility index (Phi) is 18.0. The Bertz CT molecular complexity index is 3180. The van der Waals surface area contributed by atoms with Crippen LogP contribution in [0, 0.1) is 0 Å². The van der Waals surface area contributed by atoms with Crippen LogP contribution in [0.2, 0.25) is 0 Å². The molecule has 0 saturated heterocycles. The van der Waals surface area contributed by atoms with Gasteiger partial charge >= 0.3 is 0 Å². The van der Waals surface area contributed by atoms with Gasteiger partial charge in [0.1, 0.15) is 85.6 Å². The predicted molar refractivity (Wildman–Crippen MR) is 332 cm³/mol. The van der Waals surface area contributed by atoms with E-state index < -0.39 is 0 Å². The van der Waals surface area contributed by atoms with Crippen LogP contribution in [0.1, 0.15) is 171 Å². The second kappa shape index (κ2) is 25.0. The molecule has 7 heterocycles. The van der Waals surface area contributed by atoms with Crippen molar-refractivity contribution in [1.29, 1.82) is 0 Å². The first-order chi connectivity index (χ1) is 39.8. The van der Waals surface area contributed by atoms with Crippen molar-refractivity contribution in [2.75, 3.05) is 52.7 Å². The van der Waals surface area contributed by atoms with E-state index in [-0.39, 0.29) is 97.7 Å². The summed E-state index contributed by atoms with van der Waals surface area (Å²) in [6, 6.07) is 38.7. The molecule has 8 aliphatic rings. The second-order valence-corrected chi connectivity index (χ2v) is 26.4. The average Bonchev–Trinajstić information content (AvgIpc) is 1.58. The van der Waals surface area contributed by atoms with Gasteiger partial charge in [-0.2, -0.15) is 0 Å². The van der Waals surface area contributed by atoms with Crippen LogP contribution in [0.25, 0.3) is 0 Å². The minimum atomic E-state index is -0.326. The maximum Gasteiger partial charge on any atom is 0.251 e. The molecule has 84 heavy (non-hydrogen) atoms. The lowest BCUT2D eigenvalue weighted by atomic mass is 9.79.